The van der Waals surface area contributed by atoms with Crippen LogP contribution in [0.1, 0.15) is 155 Å². The summed E-state index contributed by atoms with van der Waals surface area (Å²) in [5, 5.41) is 10.0. The fraction of sp³-hybridized carbons (Fsp3) is 0.717. The predicted molar refractivity (Wildman–Crippen MR) is 232 cm³/mol. The first kappa shape index (κ1) is 53.7. The third-order valence-corrected chi connectivity index (χ3v) is 9.84. The number of carbonyl (C=O) groups is 1. The number of rotatable bonds is 39. The van der Waals surface area contributed by atoms with Gasteiger partial charge in [-0.2, -0.15) is 0 Å². The number of allylic oxidation sites excluding steroid dienone is 9. The number of aliphatic hydroxyl groups excluding tert-OH is 1. The maximum atomic E-state index is 12.6. The van der Waals surface area contributed by atoms with Crippen molar-refractivity contribution in [2.24, 2.45) is 0 Å². The molecule has 0 aliphatic carbocycles. The summed E-state index contributed by atoms with van der Waals surface area (Å²) in [5.74, 6) is -0.442. The SMILES string of the molecule is CCCCC/C=C\C[C@H](O)/C=C/C=C\C/C=C\CCCC(=O)O[C@H](CO/C=C/CCCCCC/C=C\CCCCCCCC)COP(=O)([O-])OCC[N+](C)(C)C. The van der Waals surface area contributed by atoms with Crippen LogP contribution in [0, 0.1) is 0 Å². The van der Waals surface area contributed by atoms with Crippen molar-refractivity contribution in [3.8, 4) is 0 Å². The number of carbonyl (C=O) groups excluding carboxylic acids is 1. The summed E-state index contributed by atoms with van der Waals surface area (Å²) in [6.45, 7) is 4.51. The Bertz CT molecular complexity index is 1140. The number of likely N-dealkylation sites (N-methyl/N-ethyl adjacent to an activating group) is 1. The molecule has 0 aromatic heterocycles. The summed E-state index contributed by atoms with van der Waals surface area (Å²) in [6.07, 6.45) is 46.1. The highest BCUT2D eigenvalue weighted by molar-refractivity contribution is 7.45. The zero-order valence-electron chi connectivity index (χ0n) is 36.2. The van der Waals surface area contributed by atoms with Gasteiger partial charge in [-0.15, -0.1) is 0 Å². The van der Waals surface area contributed by atoms with E-state index in [9.17, 15) is 19.4 Å². The molecule has 0 aromatic carbocycles. The van der Waals surface area contributed by atoms with Gasteiger partial charge in [0.25, 0.3) is 7.82 Å². The number of hydrogen-bond donors (Lipinski definition) is 1. The van der Waals surface area contributed by atoms with Crippen LogP contribution in [0.4, 0.5) is 0 Å². The quantitative estimate of drug-likeness (QED) is 0.0124. The van der Waals surface area contributed by atoms with E-state index in [1.807, 2.05) is 63.7 Å². The molecule has 0 aliphatic rings. The maximum Gasteiger partial charge on any atom is 0.306 e. The molecule has 0 spiro atoms. The van der Waals surface area contributed by atoms with E-state index in [0.717, 1.165) is 38.5 Å². The van der Waals surface area contributed by atoms with Crippen molar-refractivity contribution < 1.29 is 42.4 Å². The molecule has 0 amide bonds. The summed E-state index contributed by atoms with van der Waals surface area (Å²) in [6, 6.07) is 0. The second kappa shape index (κ2) is 38.3. The van der Waals surface area contributed by atoms with E-state index in [2.05, 4.69) is 32.1 Å². The van der Waals surface area contributed by atoms with Gasteiger partial charge in [0.2, 0.25) is 0 Å². The lowest BCUT2D eigenvalue weighted by atomic mass is 10.1. The largest absolute Gasteiger partial charge is 0.756 e. The number of hydrogen-bond acceptors (Lipinski definition) is 8. The monoisotopic (exact) mass is 808 g/mol. The average Bonchev–Trinajstić information content (AvgIpc) is 3.14. The number of ether oxygens (including phenoxy) is 2. The van der Waals surface area contributed by atoms with Crippen molar-refractivity contribution in [2.75, 3.05) is 47.5 Å². The van der Waals surface area contributed by atoms with Crippen LogP contribution in [0.15, 0.2) is 73.1 Å². The van der Waals surface area contributed by atoms with Crippen LogP contribution in [0.25, 0.3) is 0 Å². The molecule has 324 valence electrons. The Kier molecular flexibility index (Phi) is 36.7. The number of aliphatic hydroxyl groups is 1. The van der Waals surface area contributed by atoms with Crippen LogP contribution in [0.2, 0.25) is 0 Å². The van der Waals surface area contributed by atoms with Gasteiger partial charge >= 0.3 is 5.97 Å². The molecule has 0 radical (unpaired) electrons. The van der Waals surface area contributed by atoms with Crippen LogP contribution in [0.5, 0.6) is 0 Å². The van der Waals surface area contributed by atoms with E-state index in [1.165, 1.54) is 77.0 Å². The van der Waals surface area contributed by atoms with Crippen LogP contribution in [0.3, 0.4) is 0 Å². The van der Waals surface area contributed by atoms with Crippen LogP contribution in [-0.4, -0.2) is 75.3 Å². The minimum Gasteiger partial charge on any atom is -0.756 e. The Hall–Kier alpha value is -2.26. The highest BCUT2D eigenvalue weighted by Gasteiger charge is 2.20. The van der Waals surface area contributed by atoms with Gasteiger partial charge in [-0.25, -0.2) is 0 Å². The lowest BCUT2D eigenvalue weighted by Gasteiger charge is -2.28. The van der Waals surface area contributed by atoms with Gasteiger partial charge in [0.05, 0.1) is 40.1 Å². The van der Waals surface area contributed by atoms with Crippen LogP contribution >= 0.6 is 7.82 Å². The van der Waals surface area contributed by atoms with Crippen LogP contribution < -0.4 is 4.89 Å². The molecule has 1 N–H and O–H groups in total. The second-order valence-electron chi connectivity index (χ2n) is 15.6. The van der Waals surface area contributed by atoms with Crippen molar-refractivity contribution >= 4 is 13.8 Å². The molecular formula is C46H82NO8P. The zero-order valence-corrected chi connectivity index (χ0v) is 37.1. The van der Waals surface area contributed by atoms with E-state index in [0.29, 0.717) is 30.3 Å². The zero-order chi connectivity index (χ0) is 41.4. The minimum atomic E-state index is -4.58. The summed E-state index contributed by atoms with van der Waals surface area (Å²) in [4.78, 5) is 25.0. The van der Waals surface area contributed by atoms with Gasteiger partial charge < -0.3 is 33.0 Å². The normalized spacial score (nSPS) is 15.0. The molecule has 0 heterocycles. The van der Waals surface area contributed by atoms with Gasteiger partial charge in [-0.1, -0.05) is 132 Å². The lowest BCUT2D eigenvalue weighted by Crippen LogP contribution is -2.37. The Morgan fingerprint density at radius 3 is 1.89 bits per heavy atom. The topological polar surface area (TPSA) is 114 Å². The first-order chi connectivity index (χ1) is 27.0. The van der Waals surface area contributed by atoms with Gasteiger partial charge in [-0.3, -0.25) is 9.36 Å². The smallest absolute Gasteiger partial charge is 0.306 e. The number of quaternary nitrogens is 1. The van der Waals surface area contributed by atoms with Gasteiger partial charge in [0, 0.05) is 6.42 Å². The van der Waals surface area contributed by atoms with Crippen molar-refractivity contribution in [1.82, 2.24) is 0 Å². The molecule has 1 unspecified atom stereocenters. The lowest BCUT2D eigenvalue weighted by molar-refractivity contribution is -0.870. The third kappa shape index (κ3) is 41.4. The molecule has 0 saturated heterocycles. The van der Waals surface area contributed by atoms with Crippen molar-refractivity contribution in [1.29, 1.82) is 0 Å². The first-order valence-electron chi connectivity index (χ1n) is 21.8. The summed E-state index contributed by atoms with van der Waals surface area (Å²) in [5.41, 5.74) is 0. The number of nitrogens with zero attached hydrogens (tertiary/aromatic N) is 1. The highest BCUT2D eigenvalue weighted by atomic mass is 31.2. The Morgan fingerprint density at radius 1 is 0.679 bits per heavy atom. The summed E-state index contributed by atoms with van der Waals surface area (Å²) >= 11 is 0. The molecule has 3 atom stereocenters. The van der Waals surface area contributed by atoms with Crippen LogP contribution in [-0.2, 0) is 27.9 Å². The standard InChI is InChI=1S/C46H82NO8P/c1-6-8-10-12-14-15-16-17-18-19-20-21-24-27-31-35-40-52-42-45(43-54-56(50,51)53-41-39-47(3,4)5)55-46(49)38-34-30-26-23-22-25-29-33-37-44(48)36-32-28-13-11-9-7-2/h17-18,23,25-26,28-29,32-33,35,37,40,44-45,48H,6-16,19-22,24,27,30-31,34,36,38-39,41-43H2,1-5H3/b18-17-,26-23-,29-25-,32-28-,37-33+,40-35+/t44-,45+/m0/s1. The van der Waals surface area contributed by atoms with Crippen molar-refractivity contribution in [3.63, 3.8) is 0 Å². The van der Waals surface area contributed by atoms with Gasteiger partial charge in [0.1, 0.15) is 19.8 Å². The molecular weight excluding hydrogens is 725 g/mol. The van der Waals surface area contributed by atoms with Crippen molar-refractivity contribution in [3.05, 3.63) is 73.1 Å². The molecule has 0 rings (SSSR count). The maximum absolute atomic E-state index is 12.6. The third-order valence-electron chi connectivity index (χ3n) is 8.87. The molecule has 0 saturated carbocycles. The number of phosphoric ester groups is 1. The van der Waals surface area contributed by atoms with E-state index in [4.69, 9.17) is 18.5 Å². The molecule has 0 aromatic rings. The molecule has 0 fully saturated rings. The average molecular weight is 808 g/mol. The van der Waals surface area contributed by atoms with Gasteiger partial charge in [0.15, 0.2) is 6.10 Å². The summed E-state index contributed by atoms with van der Waals surface area (Å²) < 4.78 is 34.2. The van der Waals surface area contributed by atoms with E-state index in [1.54, 1.807) is 12.3 Å². The Balaban J connectivity index is 4.50. The van der Waals surface area contributed by atoms with Gasteiger partial charge in [-0.05, 0) is 83.1 Å². The number of esters is 1. The van der Waals surface area contributed by atoms with E-state index in [-0.39, 0.29) is 26.2 Å². The Labute approximate surface area is 343 Å². The fourth-order valence-corrected chi connectivity index (χ4v) is 6.13. The highest BCUT2D eigenvalue weighted by Crippen LogP contribution is 2.38. The molecule has 0 bridgehead atoms. The first-order valence-corrected chi connectivity index (χ1v) is 23.3. The number of unbranched alkanes of at least 4 members (excludes halogenated alkanes) is 15. The fourth-order valence-electron chi connectivity index (χ4n) is 5.40. The predicted octanol–water partition coefficient (Wildman–Crippen LogP) is 11.4. The second-order valence-corrected chi connectivity index (χ2v) is 17.0. The molecule has 0 aliphatic heterocycles. The Morgan fingerprint density at radius 2 is 1.23 bits per heavy atom. The van der Waals surface area contributed by atoms with Crippen molar-refractivity contribution in [2.45, 2.75) is 167 Å². The molecule has 56 heavy (non-hydrogen) atoms. The van der Waals surface area contributed by atoms with E-state index >= 15 is 0 Å². The molecule has 10 heteroatoms. The summed E-state index contributed by atoms with van der Waals surface area (Å²) in [7, 11) is 1.24. The minimum absolute atomic E-state index is 0.00974. The molecule has 9 nitrogen and oxygen atoms in total. The number of phosphoric acid groups is 1. The van der Waals surface area contributed by atoms with E-state index < -0.39 is 26.0 Å².